The van der Waals surface area contributed by atoms with Crippen molar-refractivity contribution in [2.75, 3.05) is 0 Å². The van der Waals surface area contributed by atoms with Gasteiger partial charge in [0.2, 0.25) is 0 Å². The monoisotopic (exact) mass is 277 g/mol. The van der Waals surface area contributed by atoms with E-state index in [2.05, 4.69) is 18.8 Å². The van der Waals surface area contributed by atoms with Gasteiger partial charge in [0.15, 0.2) is 0 Å². The van der Waals surface area contributed by atoms with Crippen LogP contribution in [0, 0.1) is 5.82 Å². The van der Waals surface area contributed by atoms with E-state index < -0.39 is 0 Å². The maximum atomic E-state index is 14.2. The van der Waals surface area contributed by atoms with E-state index in [9.17, 15) is 4.39 Å². The lowest BCUT2D eigenvalue weighted by Crippen LogP contribution is -2.14. The summed E-state index contributed by atoms with van der Waals surface area (Å²) in [6.07, 6.45) is 3.58. The maximum Gasteiger partial charge on any atom is 0.138 e. The summed E-state index contributed by atoms with van der Waals surface area (Å²) < 4.78 is 16.2. The molecule has 5 heteroatoms. The van der Waals surface area contributed by atoms with Crippen molar-refractivity contribution in [3.05, 3.63) is 53.4 Å². The molecular formula is C14H16FN3S. The number of hydrogen-bond donors (Lipinski definition) is 1. The average molecular weight is 277 g/mol. The summed E-state index contributed by atoms with van der Waals surface area (Å²) in [6.45, 7) is 4.54. The highest BCUT2D eigenvalue weighted by molar-refractivity contribution is 7.80. The summed E-state index contributed by atoms with van der Waals surface area (Å²) in [5.74, 6) is 0.871. The van der Waals surface area contributed by atoms with E-state index in [1.165, 1.54) is 0 Å². The highest BCUT2D eigenvalue weighted by atomic mass is 32.1. The molecule has 0 radical (unpaired) electrons. The highest BCUT2D eigenvalue weighted by Gasteiger charge is 2.13. The number of thiocarbonyl (C=S) groups is 1. The smallest absolute Gasteiger partial charge is 0.138 e. The third kappa shape index (κ3) is 2.81. The molecule has 0 fully saturated rings. The summed E-state index contributed by atoms with van der Waals surface area (Å²) in [7, 11) is 0. The molecule has 2 rings (SSSR count). The molecular weight excluding hydrogens is 261 g/mol. The van der Waals surface area contributed by atoms with Gasteiger partial charge in [0.25, 0.3) is 0 Å². The quantitative estimate of drug-likeness (QED) is 0.874. The SMILES string of the molecule is CC(C)c1nccn1Cc1cccc(C(N)=S)c1F. The number of imidazole rings is 1. The van der Waals surface area contributed by atoms with Crippen LogP contribution in [0.5, 0.6) is 0 Å². The first-order valence-electron chi connectivity index (χ1n) is 6.09. The van der Waals surface area contributed by atoms with Crippen LogP contribution in [0.3, 0.4) is 0 Å². The van der Waals surface area contributed by atoms with E-state index >= 15 is 0 Å². The number of halogens is 1. The van der Waals surface area contributed by atoms with E-state index in [4.69, 9.17) is 18.0 Å². The zero-order valence-electron chi connectivity index (χ0n) is 10.9. The molecule has 0 saturated heterocycles. The second-order valence-corrected chi connectivity index (χ2v) is 5.15. The molecule has 1 heterocycles. The standard InChI is InChI=1S/C14H16FN3S/c1-9(2)14-17-6-7-18(14)8-10-4-3-5-11(12(10)15)13(16)19/h3-7,9H,8H2,1-2H3,(H2,16,19). The molecule has 19 heavy (non-hydrogen) atoms. The zero-order valence-corrected chi connectivity index (χ0v) is 11.7. The van der Waals surface area contributed by atoms with E-state index in [0.717, 1.165) is 5.82 Å². The molecule has 100 valence electrons. The molecule has 0 aliphatic rings. The van der Waals surface area contributed by atoms with Gasteiger partial charge >= 0.3 is 0 Å². The Morgan fingerprint density at radius 2 is 2.21 bits per heavy atom. The number of nitrogens with two attached hydrogens (primary N) is 1. The average Bonchev–Trinajstić information content (AvgIpc) is 2.79. The largest absolute Gasteiger partial charge is 0.389 e. The van der Waals surface area contributed by atoms with Crippen molar-refractivity contribution in [3.63, 3.8) is 0 Å². The molecule has 0 saturated carbocycles. The van der Waals surface area contributed by atoms with Crippen LogP contribution in [0.2, 0.25) is 0 Å². The molecule has 0 atom stereocenters. The third-order valence-corrected chi connectivity index (χ3v) is 3.17. The summed E-state index contributed by atoms with van der Waals surface area (Å²) in [5.41, 5.74) is 6.36. The molecule has 3 nitrogen and oxygen atoms in total. The first kappa shape index (κ1) is 13.7. The molecule has 0 bridgehead atoms. The second-order valence-electron chi connectivity index (χ2n) is 4.71. The van der Waals surface area contributed by atoms with Crippen molar-refractivity contribution in [3.8, 4) is 0 Å². The maximum absolute atomic E-state index is 14.2. The van der Waals surface area contributed by atoms with E-state index in [-0.39, 0.29) is 16.7 Å². The van der Waals surface area contributed by atoms with Gasteiger partial charge in [-0.05, 0) is 6.07 Å². The lowest BCUT2D eigenvalue weighted by atomic mass is 10.1. The summed E-state index contributed by atoms with van der Waals surface area (Å²) in [6, 6.07) is 5.10. The van der Waals surface area contributed by atoms with Crippen LogP contribution in [-0.4, -0.2) is 14.5 Å². The van der Waals surface area contributed by atoms with Gasteiger partial charge in [-0.15, -0.1) is 0 Å². The van der Waals surface area contributed by atoms with Crippen molar-refractivity contribution in [1.29, 1.82) is 0 Å². The molecule has 0 amide bonds. The highest BCUT2D eigenvalue weighted by Crippen LogP contribution is 2.17. The molecule has 0 unspecified atom stereocenters. The molecule has 2 aromatic rings. The summed E-state index contributed by atoms with van der Waals surface area (Å²) >= 11 is 4.84. The van der Waals surface area contributed by atoms with Gasteiger partial charge in [-0.25, -0.2) is 9.37 Å². The number of nitrogens with zero attached hydrogens (tertiary/aromatic N) is 2. The Hall–Kier alpha value is -1.75. The Morgan fingerprint density at radius 1 is 1.47 bits per heavy atom. The lowest BCUT2D eigenvalue weighted by molar-refractivity contribution is 0.586. The van der Waals surface area contributed by atoms with Crippen LogP contribution in [0.25, 0.3) is 0 Å². The van der Waals surface area contributed by atoms with Gasteiger partial charge in [0, 0.05) is 29.4 Å². The van der Waals surface area contributed by atoms with E-state index in [1.807, 2.05) is 10.8 Å². The number of benzene rings is 1. The van der Waals surface area contributed by atoms with E-state index in [0.29, 0.717) is 17.7 Å². The first-order chi connectivity index (χ1) is 9.00. The fourth-order valence-electron chi connectivity index (χ4n) is 2.03. The van der Waals surface area contributed by atoms with E-state index in [1.54, 1.807) is 24.4 Å². The Labute approximate surface area is 117 Å². The number of rotatable bonds is 4. The molecule has 1 aromatic heterocycles. The van der Waals surface area contributed by atoms with Crippen LogP contribution in [-0.2, 0) is 6.54 Å². The van der Waals surface area contributed by atoms with Crippen molar-refractivity contribution >= 4 is 17.2 Å². The predicted octanol–water partition coefficient (Wildman–Crippen LogP) is 2.83. The Bertz CT molecular complexity index is 604. The van der Waals surface area contributed by atoms with Gasteiger partial charge < -0.3 is 10.3 Å². The third-order valence-electron chi connectivity index (χ3n) is 2.95. The summed E-state index contributed by atoms with van der Waals surface area (Å²) in [4.78, 5) is 4.37. The van der Waals surface area contributed by atoms with Gasteiger partial charge in [-0.1, -0.05) is 38.2 Å². The molecule has 0 aliphatic carbocycles. The minimum Gasteiger partial charge on any atom is -0.389 e. The minimum absolute atomic E-state index is 0.0778. The molecule has 2 N–H and O–H groups in total. The Morgan fingerprint density at radius 3 is 2.84 bits per heavy atom. The van der Waals surface area contributed by atoms with Crippen LogP contribution in [0.1, 0.15) is 36.7 Å². The Balaban J connectivity index is 2.36. The number of aromatic nitrogens is 2. The number of hydrogen-bond acceptors (Lipinski definition) is 2. The van der Waals surface area contributed by atoms with Gasteiger partial charge in [-0.3, -0.25) is 0 Å². The Kier molecular flexibility index (Phi) is 3.95. The van der Waals surface area contributed by atoms with Crippen molar-refractivity contribution in [1.82, 2.24) is 9.55 Å². The fourth-order valence-corrected chi connectivity index (χ4v) is 2.19. The minimum atomic E-state index is -0.349. The summed E-state index contributed by atoms with van der Waals surface area (Å²) in [5, 5.41) is 0. The molecule has 0 aliphatic heterocycles. The zero-order chi connectivity index (χ0) is 14.0. The van der Waals surface area contributed by atoms with Gasteiger partial charge in [0.05, 0.1) is 6.54 Å². The van der Waals surface area contributed by atoms with Crippen molar-refractivity contribution in [2.45, 2.75) is 26.3 Å². The van der Waals surface area contributed by atoms with Crippen molar-refractivity contribution in [2.24, 2.45) is 5.73 Å². The van der Waals surface area contributed by atoms with Crippen LogP contribution in [0.4, 0.5) is 4.39 Å². The molecule has 1 aromatic carbocycles. The van der Waals surface area contributed by atoms with Gasteiger partial charge in [-0.2, -0.15) is 0 Å². The van der Waals surface area contributed by atoms with Crippen LogP contribution >= 0.6 is 12.2 Å². The first-order valence-corrected chi connectivity index (χ1v) is 6.49. The predicted molar refractivity (Wildman–Crippen MR) is 77.7 cm³/mol. The fraction of sp³-hybridized carbons (Fsp3) is 0.286. The van der Waals surface area contributed by atoms with Crippen LogP contribution < -0.4 is 5.73 Å². The normalized spacial score (nSPS) is 10.9. The van der Waals surface area contributed by atoms with Gasteiger partial charge in [0.1, 0.15) is 16.6 Å². The van der Waals surface area contributed by atoms with Crippen molar-refractivity contribution < 1.29 is 4.39 Å². The van der Waals surface area contributed by atoms with Crippen LogP contribution in [0.15, 0.2) is 30.6 Å². The molecule has 0 spiro atoms. The second kappa shape index (κ2) is 5.48. The lowest BCUT2D eigenvalue weighted by Gasteiger charge is -2.12. The topological polar surface area (TPSA) is 43.8 Å².